The van der Waals surface area contributed by atoms with E-state index in [2.05, 4.69) is 9.97 Å². The molecule has 1 heterocycles. The summed E-state index contributed by atoms with van der Waals surface area (Å²) in [4.78, 5) is 7.43. The number of imidazole rings is 1. The van der Waals surface area contributed by atoms with Crippen molar-refractivity contribution in [3.05, 3.63) is 54.1 Å². The first kappa shape index (κ1) is 10.7. The van der Waals surface area contributed by atoms with E-state index in [-0.39, 0.29) is 0 Å². The number of nitrogens with two attached hydrogens (primary N) is 1. The van der Waals surface area contributed by atoms with Gasteiger partial charge in [0.15, 0.2) is 0 Å². The second-order valence-electron chi connectivity index (χ2n) is 4.09. The summed E-state index contributed by atoms with van der Waals surface area (Å²) in [5.74, 6) is 0. The molecule has 0 spiro atoms. The number of aromatic nitrogens is 2. The number of H-pyrrole nitrogens is 1. The van der Waals surface area contributed by atoms with Crippen LogP contribution in [0.3, 0.4) is 0 Å². The van der Waals surface area contributed by atoms with Crippen LogP contribution in [0.5, 0.6) is 6.01 Å². The molecule has 3 aromatic rings. The number of rotatable bonds is 3. The maximum Gasteiger partial charge on any atom is 0.294 e. The highest BCUT2D eigenvalue weighted by atomic mass is 16.5. The van der Waals surface area contributed by atoms with Crippen molar-refractivity contribution in [3.8, 4) is 6.01 Å². The predicted octanol–water partition coefficient (Wildman–Crippen LogP) is 2.72. The maximum absolute atomic E-state index is 5.71. The molecule has 0 fully saturated rings. The molecule has 0 saturated carbocycles. The van der Waals surface area contributed by atoms with E-state index in [1.165, 1.54) is 0 Å². The van der Waals surface area contributed by atoms with Gasteiger partial charge < -0.3 is 15.5 Å². The third-order valence-electron chi connectivity index (χ3n) is 2.70. The Hall–Kier alpha value is -2.49. The summed E-state index contributed by atoms with van der Waals surface area (Å²) in [6.07, 6.45) is 0. The smallest absolute Gasteiger partial charge is 0.294 e. The van der Waals surface area contributed by atoms with Crippen LogP contribution in [0.1, 0.15) is 5.56 Å². The largest absolute Gasteiger partial charge is 0.460 e. The minimum Gasteiger partial charge on any atom is -0.460 e. The van der Waals surface area contributed by atoms with Crippen molar-refractivity contribution < 1.29 is 4.74 Å². The Bertz CT molecular complexity index is 661. The first-order chi connectivity index (χ1) is 8.81. The van der Waals surface area contributed by atoms with Gasteiger partial charge in [-0.25, -0.2) is 0 Å². The molecular formula is C14H13N3O. The van der Waals surface area contributed by atoms with Gasteiger partial charge in [0.05, 0.1) is 11.0 Å². The number of aromatic amines is 1. The molecule has 3 N–H and O–H groups in total. The number of hydrogen-bond donors (Lipinski definition) is 2. The van der Waals surface area contributed by atoms with Gasteiger partial charge in [-0.3, -0.25) is 0 Å². The van der Waals surface area contributed by atoms with Crippen LogP contribution in [0, 0.1) is 0 Å². The number of fused-ring (bicyclic) bond motifs is 1. The fourth-order valence-corrected chi connectivity index (χ4v) is 1.80. The Labute approximate surface area is 104 Å². The minimum atomic E-state index is 0.496. The van der Waals surface area contributed by atoms with Crippen molar-refractivity contribution in [1.82, 2.24) is 9.97 Å². The summed E-state index contributed by atoms with van der Waals surface area (Å²) in [7, 11) is 0. The zero-order valence-corrected chi connectivity index (χ0v) is 9.76. The van der Waals surface area contributed by atoms with Crippen LogP contribution >= 0.6 is 0 Å². The first-order valence-corrected chi connectivity index (χ1v) is 5.73. The molecule has 0 aliphatic carbocycles. The van der Waals surface area contributed by atoms with Gasteiger partial charge in [0.1, 0.15) is 6.61 Å². The van der Waals surface area contributed by atoms with E-state index in [1.54, 1.807) is 0 Å². The molecule has 0 bridgehead atoms. The Morgan fingerprint density at radius 3 is 2.78 bits per heavy atom. The van der Waals surface area contributed by atoms with Gasteiger partial charge in [0.25, 0.3) is 6.01 Å². The summed E-state index contributed by atoms with van der Waals surface area (Å²) >= 11 is 0. The van der Waals surface area contributed by atoms with Crippen molar-refractivity contribution >= 4 is 16.7 Å². The quantitative estimate of drug-likeness (QED) is 0.691. The highest BCUT2D eigenvalue weighted by Gasteiger charge is 2.03. The zero-order valence-electron chi connectivity index (χ0n) is 9.76. The number of anilines is 1. The SMILES string of the molecule is Nc1ccc2nc(OCc3ccccc3)[nH]c2c1. The average Bonchev–Trinajstić information content (AvgIpc) is 2.79. The normalized spacial score (nSPS) is 10.7. The monoisotopic (exact) mass is 239 g/mol. The number of nitrogens with one attached hydrogen (secondary N) is 1. The standard InChI is InChI=1S/C14H13N3O/c15-11-6-7-12-13(8-11)17-14(16-12)18-9-10-4-2-1-3-5-10/h1-8H,9,15H2,(H,16,17). The molecule has 4 heteroatoms. The molecule has 3 rings (SSSR count). The van der Waals surface area contributed by atoms with Crippen molar-refractivity contribution in [2.24, 2.45) is 0 Å². The average molecular weight is 239 g/mol. The molecule has 0 aliphatic rings. The van der Waals surface area contributed by atoms with Crippen LogP contribution in [-0.2, 0) is 6.61 Å². The van der Waals surface area contributed by atoms with Gasteiger partial charge in [-0.1, -0.05) is 30.3 Å². The van der Waals surface area contributed by atoms with E-state index in [0.717, 1.165) is 16.6 Å². The zero-order chi connectivity index (χ0) is 12.4. The number of benzene rings is 2. The minimum absolute atomic E-state index is 0.496. The molecule has 0 atom stereocenters. The molecule has 2 aromatic carbocycles. The molecule has 0 unspecified atom stereocenters. The van der Waals surface area contributed by atoms with Gasteiger partial charge in [-0.05, 0) is 23.8 Å². The Morgan fingerprint density at radius 1 is 1.11 bits per heavy atom. The number of hydrogen-bond acceptors (Lipinski definition) is 3. The van der Waals surface area contributed by atoms with Gasteiger partial charge in [-0.2, -0.15) is 4.98 Å². The van der Waals surface area contributed by atoms with Crippen LogP contribution in [0.2, 0.25) is 0 Å². The first-order valence-electron chi connectivity index (χ1n) is 5.73. The predicted molar refractivity (Wildman–Crippen MR) is 71.3 cm³/mol. The fraction of sp³-hybridized carbons (Fsp3) is 0.0714. The van der Waals surface area contributed by atoms with E-state index in [1.807, 2.05) is 48.5 Å². The highest BCUT2D eigenvalue weighted by molar-refractivity contribution is 5.79. The second-order valence-corrected chi connectivity index (χ2v) is 4.09. The second kappa shape index (κ2) is 4.41. The number of nitrogens with zero attached hydrogens (tertiary/aromatic N) is 1. The van der Waals surface area contributed by atoms with E-state index in [0.29, 0.717) is 18.3 Å². The summed E-state index contributed by atoms with van der Waals surface area (Å²) in [6, 6.07) is 16.0. The van der Waals surface area contributed by atoms with Crippen LogP contribution < -0.4 is 10.5 Å². The molecule has 4 nitrogen and oxygen atoms in total. The van der Waals surface area contributed by atoms with Crippen LogP contribution in [0.4, 0.5) is 5.69 Å². The maximum atomic E-state index is 5.71. The third kappa shape index (κ3) is 2.13. The highest BCUT2D eigenvalue weighted by Crippen LogP contribution is 2.18. The molecule has 0 radical (unpaired) electrons. The van der Waals surface area contributed by atoms with Gasteiger partial charge in [0.2, 0.25) is 0 Å². The van der Waals surface area contributed by atoms with Crippen molar-refractivity contribution in [3.63, 3.8) is 0 Å². The fourth-order valence-electron chi connectivity index (χ4n) is 1.80. The lowest BCUT2D eigenvalue weighted by molar-refractivity contribution is 0.285. The Morgan fingerprint density at radius 2 is 1.94 bits per heavy atom. The van der Waals surface area contributed by atoms with Crippen molar-refractivity contribution in [2.45, 2.75) is 6.61 Å². The summed E-state index contributed by atoms with van der Waals surface area (Å²) in [5.41, 5.74) is 9.27. The molecule has 90 valence electrons. The van der Waals surface area contributed by atoms with Crippen molar-refractivity contribution in [1.29, 1.82) is 0 Å². The Kier molecular flexibility index (Phi) is 2.61. The van der Waals surface area contributed by atoms with Gasteiger partial charge >= 0.3 is 0 Å². The van der Waals surface area contributed by atoms with Crippen LogP contribution in [0.25, 0.3) is 11.0 Å². The number of nitrogen functional groups attached to an aromatic ring is 1. The topological polar surface area (TPSA) is 63.9 Å². The van der Waals surface area contributed by atoms with E-state index in [9.17, 15) is 0 Å². The van der Waals surface area contributed by atoms with E-state index in [4.69, 9.17) is 10.5 Å². The summed E-state index contributed by atoms with van der Waals surface area (Å²) < 4.78 is 5.61. The lowest BCUT2D eigenvalue weighted by Gasteiger charge is -2.01. The summed E-state index contributed by atoms with van der Waals surface area (Å²) in [5, 5.41) is 0. The lowest BCUT2D eigenvalue weighted by Crippen LogP contribution is -1.95. The van der Waals surface area contributed by atoms with Crippen LogP contribution in [0.15, 0.2) is 48.5 Å². The molecule has 0 aliphatic heterocycles. The molecular weight excluding hydrogens is 226 g/mol. The third-order valence-corrected chi connectivity index (χ3v) is 2.70. The van der Waals surface area contributed by atoms with Crippen LogP contribution in [-0.4, -0.2) is 9.97 Å². The summed E-state index contributed by atoms with van der Waals surface area (Å²) in [6.45, 7) is 0.496. The van der Waals surface area contributed by atoms with Gasteiger partial charge in [0, 0.05) is 5.69 Å². The molecule has 0 saturated heterocycles. The molecule has 0 amide bonds. The number of ether oxygens (including phenoxy) is 1. The van der Waals surface area contributed by atoms with Crippen molar-refractivity contribution in [2.75, 3.05) is 5.73 Å². The lowest BCUT2D eigenvalue weighted by atomic mass is 10.2. The Balaban J connectivity index is 1.79. The molecule has 18 heavy (non-hydrogen) atoms. The molecule has 1 aromatic heterocycles. The van der Waals surface area contributed by atoms with Gasteiger partial charge in [-0.15, -0.1) is 0 Å². The van der Waals surface area contributed by atoms with E-state index >= 15 is 0 Å². The van der Waals surface area contributed by atoms with E-state index < -0.39 is 0 Å².